The van der Waals surface area contributed by atoms with Gasteiger partial charge in [-0.05, 0) is 51.6 Å². The molecule has 1 atom stereocenters. The summed E-state index contributed by atoms with van der Waals surface area (Å²) in [5.41, 5.74) is 5.30. The Morgan fingerprint density at radius 2 is 2.31 bits per heavy atom. The molecule has 3 N–H and O–H groups in total. The van der Waals surface area contributed by atoms with Gasteiger partial charge in [0.15, 0.2) is 0 Å². The van der Waals surface area contributed by atoms with Crippen LogP contribution in [-0.4, -0.2) is 43.0 Å². The van der Waals surface area contributed by atoms with E-state index in [1.54, 1.807) is 0 Å². The molecule has 4 heteroatoms. The fourth-order valence-corrected chi connectivity index (χ4v) is 2.44. The number of carbonyl (C=O) groups is 1. The van der Waals surface area contributed by atoms with Crippen LogP contribution in [0.2, 0.25) is 0 Å². The number of nitrogens with two attached hydrogens (primary N) is 1. The number of piperidine rings is 1. The molecular formula is C12H23N3O. The van der Waals surface area contributed by atoms with Gasteiger partial charge in [0.05, 0.1) is 5.54 Å². The number of rotatable bonds is 4. The SMILES string of the molecule is CN1CCCC(CCNC(=O)C2(N)CC2)C1. The second-order valence-electron chi connectivity index (χ2n) is 5.47. The molecule has 4 nitrogen and oxygen atoms in total. The normalized spacial score (nSPS) is 28.8. The fourth-order valence-electron chi connectivity index (χ4n) is 2.44. The molecule has 2 aliphatic rings. The van der Waals surface area contributed by atoms with E-state index in [9.17, 15) is 4.79 Å². The minimum Gasteiger partial charge on any atom is -0.354 e. The summed E-state index contributed by atoms with van der Waals surface area (Å²) in [5.74, 6) is 0.795. The third kappa shape index (κ3) is 2.95. The second kappa shape index (κ2) is 4.72. The monoisotopic (exact) mass is 225 g/mol. The van der Waals surface area contributed by atoms with Gasteiger partial charge in [0.2, 0.25) is 5.91 Å². The first kappa shape index (κ1) is 11.9. The molecule has 1 unspecified atom stereocenters. The van der Waals surface area contributed by atoms with Gasteiger partial charge in [-0.2, -0.15) is 0 Å². The van der Waals surface area contributed by atoms with E-state index < -0.39 is 5.54 Å². The van der Waals surface area contributed by atoms with Crippen molar-refractivity contribution in [1.29, 1.82) is 0 Å². The van der Waals surface area contributed by atoms with Crippen molar-refractivity contribution in [3.05, 3.63) is 0 Å². The molecule has 0 aromatic heterocycles. The second-order valence-corrected chi connectivity index (χ2v) is 5.47. The average Bonchev–Trinajstić information content (AvgIpc) is 2.98. The van der Waals surface area contributed by atoms with Crippen LogP contribution in [-0.2, 0) is 4.79 Å². The Morgan fingerprint density at radius 1 is 1.56 bits per heavy atom. The molecule has 1 saturated heterocycles. The van der Waals surface area contributed by atoms with Gasteiger partial charge in [-0.15, -0.1) is 0 Å². The minimum atomic E-state index is -0.511. The Balaban J connectivity index is 1.62. The molecule has 16 heavy (non-hydrogen) atoms. The summed E-state index contributed by atoms with van der Waals surface area (Å²) < 4.78 is 0. The van der Waals surface area contributed by atoms with Gasteiger partial charge in [0.1, 0.15) is 0 Å². The summed E-state index contributed by atoms with van der Waals surface area (Å²) in [6, 6.07) is 0. The van der Waals surface area contributed by atoms with Crippen LogP contribution >= 0.6 is 0 Å². The lowest BCUT2D eigenvalue weighted by molar-refractivity contribution is -0.123. The minimum absolute atomic E-state index is 0.0525. The summed E-state index contributed by atoms with van der Waals surface area (Å²) in [5, 5.41) is 2.96. The van der Waals surface area contributed by atoms with Crippen molar-refractivity contribution >= 4 is 5.91 Å². The van der Waals surface area contributed by atoms with Crippen LogP contribution < -0.4 is 11.1 Å². The number of hydrogen-bond donors (Lipinski definition) is 2. The summed E-state index contributed by atoms with van der Waals surface area (Å²) in [4.78, 5) is 14.0. The molecular weight excluding hydrogens is 202 g/mol. The molecule has 1 heterocycles. The van der Waals surface area contributed by atoms with Crippen LogP contribution in [0.5, 0.6) is 0 Å². The van der Waals surface area contributed by atoms with E-state index in [2.05, 4.69) is 17.3 Å². The Bertz CT molecular complexity index is 263. The van der Waals surface area contributed by atoms with E-state index in [-0.39, 0.29) is 5.91 Å². The van der Waals surface area contributed by atoms with Crippen LogP contribution in [0.1, 0.15) is 32.1 Å². The lowest BCUT2D eigenvalue weighted by atomic mass is 9.95. The number of hydrogen-bond acceptors (Lipinski definition) is 3. The maximum Gasteiger partial charge on any atom is 0.240 e. The maximum atomic E-state index is 11.6. The largest absolute Gasteiger partial charge is 0.354 e. The summed E-state index contributed by atoms with van der Waals surface area (Å²) in [6.07, 6.45) is 5.38. The smallest absolute Gasteiger partial charge is 0.240 e. The molecule has 1 saturated carbocycles. The number of nitrogens with zero attached hydrogens (tertiary/aromatic N) is 1. The third-order valence-electron chi connectivity index (χ3n) is 3.80. The molecule has 0 aromatic rings. The summed E-state index contributed by atoms with van der Waals surface area (Å²) >= 11 is 0. The van der Waals surface area contributed by atoms with E-state index in [4.69, 9.17) is 5.73 Å². The van der Waals surface area contributed by atoms with Crippen molar-refractivity contribution in [2.75, 3.05) is 26.7 Å². The van der Waals surface area contributed by atoms with E-state index in [1.807, 2.05) is 0 Å². The first-order valence-electron chi connectivity index (χ1n) is 6.36. The molecule has 2 fully saturated rings. The summed E-state index contributed by atoms with van der Waals surface area (Å²) in [7, 11) is 2.17. The molecule has 1 aliphatic heterocycles. The van der Waals surface area contributed by atoms with Crippen LogP contribution in [0.15, 0.2) is 0 Å². The predicted molar refractivity (Wildman–Crippen MR) is 64.0 cm³/mol. The summed E-state index contributed by atoms with van der Waals surface area (Å²) in [6.45, 7) is 3.18. The van der Waals surface area contributed by atoms with Crippen molar-refractivity contribution in [2.24, 2.45) is 11.7 Å². The first-order valence-corrected chi connectivity index (χ1v) is 6.36. The highest BCUT2D eigenvalue weighted by Crippen LogP contribution is 2.32. The van der Waals surface area contributed by atoms with Gasteiger partial charge in [-0.1, -0.05) is 0 Å². The first-order chi connectivity index (χ1) is 7.60. The quantitative estimate of drug-likeness (QED) is 0.725. The highest BCUT2D eigenvalue weighted by molar-refractivity contribution is 5.88. The highest BCUT2D eigenvalue weighted by atomic mass is 16.2. The molecule has 0 aromatic carbocycles. The fraction of sp³-hybridized carbons (Fsp3) is 0.917. The molecule has 92 valence electrons. The van der Waals surface area contributed by atoms with Gasteiger partial charge in [0.25, 0.3) is 0 Å². The molecule has 1 amide bonds. The van der Waals surface area contributed by atoms with Crippen molar-refractivity contribution in [2.45, 2.75) is 37.6 Å². The Morgan fingerprint density at radius 3 is 2.94 bits per heavy atom. The average molecular weight is 225 g/mol. The van der Waals surface area contributed by atoms with Crippen LogP contribution in [0.3, 0.4) is 0 Å². The van der Waals surface area contributed by atoms with E-state index in [0.29, 0.717) is 0 Å². The van der Waals surface area contributed by atoms with Crippen molar-refractivity contribution in [3.63, 3.8) is 0 Å². The predicted octanol–water partition coefficient (Wildman–Crippen LogP) is 0.326. The van der Waals surface area contributed by atoms with Crippen LogP contribution in [0.25, 0.3) is 0 Å². The number of carbonyl (C=O) groups excluding carboxylic acids is 1. The number of likely N-dealkylation sites (tertiary alicyclic amines) is 1. The lowest BCUT2D eigenvalue weighted by Gasteiger charge is -2.29. The molecule has 0 spiro atoms. The van der Waals surface area contributed by atoms with E-state index in [0.717, 1.165) is 31.7 Å². The standard InChI is InChI=1S/C12H23N3O/c1-15-8-2-3-10(9-15)4-7-14-11(16)12(13)5-6-12/h10H,2-9,13H2,1H3,(H,14,16). The van der Waals surface area contributed by atoms with Crippen LogP contribution in [0, 0.1) is 5.92 Å². The molecule has 0 bridgehead atoms. The Hall–Kier alpha value is -0.610. The van der Waals surface area contributed by atoms with Crippen molar-refractivity contribution in [1.82, 2.24) is 10.2 Å². The topological polar surface area (TPSA) is 58.4 Å². The third-order valence-corrected chi connectivity index (χ3v) is 3.80. The van der Waals surface area contributed by atoms with Gasteiger partial charge in [-0.3, -0.25) is 4.79 Å². The zero-order valence-electron chi connectivity index (χ0n) is 10.2. The van der Waals surface area contributed by atoms with Gasteiger partial charge in [-0.25, -0.2) is 0 Å². The Kier molecular flexibility index (Phi) is 3.50. The van der Waals surface area contributed by atoms with Gasteiger partial charge < -0.3 is 16.0 Å². The lowest BCUT2D eigenvalue weighted by Crippen LogP contribution is -2.43. The van der Waals surface area contributed by atoms with Gasteiger partial charge >= 0.3 is 0 Å². The van der Waals surface area contributed by atoms with E-state index >= 15 is 0 Å². The maximum absolute atomic E-state index is 11.6. The van der Waals surface area contributed by atoms with Crippen molar-refractivity contribution < 1.29 is 4.79 Å². The highest BCUT2D eigenvalue weighted by Gasteiger charge is 2.45. The molecule has 2 rings (SSSR count). The van der Waals surface area contributed by atoms with Crippen LogP contribution in [0.4, 0.5) is 0 Å². The Labute approximate surface area is 97.6 Å². The zero-order chi connectivity index (χ0) is 11.6. The molecule has 0 radical (unpaired) electrons. The molecule has 1 aliphatic carbocycles. The van der Waals surface area contributed by atoms with Crippen molar-refractivity contribution in [3.8, 4) is 0 Å². The number of nitrogens with one attached hydrogen (secondary N) is 1. The zero-order valence-corrected chi connectivity index (χ0v) is 10.2. The van der Waals surface area contributed by atoms with E-state index in [1.165, 1.54) is 25.9 Å². The van der Waals surface area contributed by atoms with Gasteiger partial charge in [0, 0.05) is 13.1 Å². The number of amides is 1.